The molecule has 1 amide bonds. The molecule has 0 bridgehead atoms. The van der Waals surface area contributed by atoms with E-state index in [-0.39, 0.29) is 5.91 Å². The number of nitrogens with one attached hydrogen (secondary N) is 1. The normalized spacial score (nSPS) is 10.7. The van der Waals surface area contributed by atoms with Gasteiger partial charge in [-0.3, -0.25) is 9.48 Å². The van der Waals surface area contributed by atoms with E-state index in [0.29, 0.717) is 18.7 Å². The number of carbonyl (C=O) groups excluding carboxylic acids is 1. The molecule has 140 valence electrons. The van der Waals surface area contributed by atoms with Crippen molar-refractivity contribution < 1.29 is 9.53 Å². The van der Waals surface area contributed by atoms with Crippen LogP contribution in [0.5, 0.6) is 5.75 Å². The average molecular weight is 363 g/mol. The number of hydrogen-bond acceptors (Lipinski definition) is 3. The Balaban J connectivity index is 1.62. The zero-order valence-corrected chi connectivity index (χ0v) is 16.2. The Bertz CT molecular complexity index is 940. The third-order valence-corrected chi connectivity index (χ3v) is 4.52. The molecule has 0 spiro atoms. The summed E-state index contributed by atoms with van der Waals surface area (Å²) >= 11 is 0. The highest BCUT2D eigenvalue weighted by Gasteiger charge is 2.09. The fraction of sp³-hybridized carbons (Fsp3) is 0.273. The molecule has 0 aliphatic rings. The standard InChI is InChI=1S/C22H25N3O2/c1-15-8-9-16(2)21(10-15)27-14-18-6-5-7-19(12-18)22(26)23-13-20-11-17(3)25(4)24-20/h5-12H,13-14H2,1-4H3,(H,23,26). The Morgan fingerprint density at radius 2 is 1.93 bits per heavy atom. The van der Waals surface area contributed by atoms with Gasteiger partial charge in [0.25, 0.3) is 5.91 Å². The molecule has 0 aliphatic carbocycles. The van der Waals surface area contributed by atoms with Crippen molar-refractivity contribution in [3.8, 4) is 5.75 Å². The minimum absolute atomic E-state index is 0.119. The van der Waals surface area contributed by atoms with Gasteiger partial charge in [0.15, 0.2) is 0 Å². The molecule has 0 aliphatic heterocycles. The number of ether oxygens (including phenoxy) is 1. The zero-order valence-electron chi connectivity index (χ0n) is 16.2. The molecule has 0 saturated carbocycles. The Morgan fingerprint density at radius 3 is 2.67 bits per heavy atom. The van der Waals surface area contributed by atoms with Crippen LogP contribution in [0.15, 0.2) is 48.5 Å². The van der Waals surface area contributed by atoms with Crippen LogP contribution in [-0.2, 0) is 20.2 Å². The van der Waals surface area contributed by atoms with Gasteiger partial charge in [-0.15, -0.1) is 0 Å². The maximum atomic E-state index is 12.4. The molecule has 3 rings (SSSR count). The predicted molar refractivity (Wildman–Crippen MR) is 106 cm³/mol. The van der Waals surface area contributed by atoms with Crippen LogP contribution < -0.4 is 10.1 Å². The topological polar surface area (TPSA) is 56.1 Å². The van der Waals surface area contributed by atoms with E-state index in [1.165, 1.54) is 0 Å². The van der Waals surface area contributed by atoms with Gasteiger partial charge in [0.05, 0.1) is 12.2 Å². The summed E-state index contributed by atoms with van der Waals surface area (Å²) in [6.07, 6.45) is 0. The monoisotopic (exact) mass is 363 g/mol. The number of aromatic nitrogens is 2. The van der Waals surface area contributed by atoms with Gasteiger partial charge in [0, 0.05) is 18.3 Å². The number of nitrogens with zero attached hydrogens (tertiary/aromatic N) is 2. The molecule has 0 saturated heterocycles. The SMILES string of the molecule is Cc1ccc(C)c(OCc2cccc(C(=O)NCc3cc(C)n(C)n3)c2)c1. The first-order valence-corrected chi connectivity index (χ1v) is 8.99. The molecule has 0 radical (unpaired) electrons. The average Bonchev–Trinajstić information content (AvgIpc) is 2.98. The quantitative estimate of drug-likeness (QED) is 0.724. The molecule has 1 aromatic heterocycles. The van der Waals surface area contributed by atoms with E-state index in [2.05, 4.69) is 16.5 Å². The first-order valence-electron chi connectivity index (χ1n) is 8.99. The van der Waals surface area contributed by atoms with Gasteiger partial charge in [0.1, 0.15) is 12.4 Å². The second-order valence-electron chi connectivity index (χ2n) is 6.84. The van der Waals surface area contributed by atoms with Gasteiger partial charge >= 0.3 is 0 Å². The third-order valence-electron chi connectivity index (χ3n) is 4.52. The number of carbonyl (C=O) groups is 1. The largest absolute Gasteiger partial charge is 0.489 e. The van der Waals surface area contributed by atoms with Gasteiger partial charge in [0.2, 0.25) is 0 Å². The number of rotatable bonds is 6. The number of benzene rings is 2. The molecule has 0 atom stereocenters. The van der Waals surface area contributed by atoms with Crippen molar-refractivity contribution in [3.05, 3.63) is 82.2 Å². The van der Waals surface area contributed by atoms with Crippen LogP contribution in [0.25, 0.3) is 0 Å². The van der Waals surface area contributed by atoms with Crippen molar-refractivity contribution >= 4 is 5.91 Å². The lowest BCUT2D eigenvalue weighted by Gasteiger charge is -2.11. The molecule has 3 aromatic rings. The predicted octanol–water partition coefficient (Wildman–Crippen LogP) is 3.85. The van der Waals surface area contributed by atoms with Crippen molar-refractivity contribution in [1.82, 2.24) is 15.1 Å². The fourth-order valence-electron chi connectivity index (χ4n) is 2.82. The highest BCUT2D eigenvalue weighted by molar-refractivity contribution is 5.94. The maximum Gasteiger partial charge on any atom is 0.251 e. The third kappa shape index (κ3) is 4.76. The van der Waals surface area contributed by atoms with Crippen LogP contribution in [0.2, 0.25) is 0 Å². The summed E-state index contributed by atoms with van der Waals surface area (Å²) < 4.78 is 7.74. The van der Waals surface area contributed by atoms with E-state index in [1.54, 1.807) is 10.7 Å². The minimum atomic E-state index is -0.119. The lowest BCUT2D eigenvalue weighted by atomic mass is 10.1. The molecule has 0 unspecified atom stereocenters. The van der Waals surface area contributed by atoms with Crippen LogP contribution in [0.4, 0.5) is 0 Å². The van der Waals surface area contributed by atoms with Crippen LogP contribution in [0.1, 0.15) is 38.4 Å². The highest BCUT2D eigenvalue weighted by Crippen LogP contribution is 2.20. The van der Waals surface area contributed by atoms with E-state index in [9.17, 15) is 4.79 Å². The van der Waals surface area contributed by atoms with E-state index < -0.39 is 0 Å². The van der Waals surface area contributed by atoms with Crippen molar-refractivity contribution in [2.75, 3.05) is 0 Å². The first-order chi connectivity index (χ1) is 12.9. The van der Waals surface area contributed by atoms with E-state index in [1.807, 2.05) is 64.2 Å². The molecule has 1 heterocycles. The summed E-state index contributed by atoms with van der Waals surface area (Å²) in [6, 6.07) is 15.6. The Kier molecular flexibility index (Phi) is 5.60. The lowest BCUT2D eigenvalue weighted by molar-refractivity contribution is 0.0950. The van der Waals surface area contributed by atoms with Crippen molar-refractivity contribution in [2.45, 2.75) is 33.9 Å². The van der Waals surface area contributed by atoms with Crippen LogP contribution in [-0.4, -0.2) is 15.7 Å². The molecule has 5 nitrogen and oxygen atoms in total. The molecule has 1 N–H and O–H groups in total. The summed E-state index contributed by atoms with van der Waals surface area (Å²) in [5, 5.41) is 7.27. The van der Waals surface area contributed by atoms with Gasteiger partial charge in [-0.05, 0) is 61.7 Å². The second-order valence-corrected chi connectivity index (χ2v) is 6.84. The van der Waals surface area contributed by atoms with Gasteiger partial charge in [-0.2, -0.15) is 5.10 Å². The molecule has 5 heteroatoms. The maximum absolute atomic E-state index is 12.4. The first kappa shape index (κ1) is 18.7. The van der Waals surface area contributed by atoms with Gasteiger partial charge in [-0.1, -0.05) is 24.3 Å². The van der Waals surface area contributed by atoms with Crippen LogP contribution >= 0.6 is 0 Å². The van der Waals surface area contributed by atoms with Crippen LogP contribution in [0, 0.1) is 20.8 Å². The Morgan fingerprint density at radius 1 is 1.11 bits per heavy atom. The Labute approximate surface area is 160 Å². The van der Waals surface area contributed by atoms with Crippen molar-refractivity contribution in [2.24, 2.45) is 7.05 Å². The minimum Gasteiger partial charge on any atom is -0.489 e. The van der Waals surface area contributed by atoms with E-state index >= 15 is 0 Å². The molecule has 27 heavy (non-hydrogen) atoms. The smallest absolute Gasteiger partial charge is 0.251 e. The summed E-state index contributed by atoms with van der Waals surface area (Å²) in [6.45, 7) is 6.88. The lowest BCUT2D eigenvalue weighted by Crippen LogP contribution is -2.23. The van der Waals surface area contributed by atoms with E-state index in [0.717, 1.165) is 33.8 Å². The summed E-state index contributed by atoms with van der Waals surface area (Å²) in [5.41, 5.74) is 5.73. The van der Waals surface area contributed by atoms with E-state index in [4.69, 9.17) is 4.74 Å². The highest BCUT2D eigenvalue weighted by atomic mass is 16.5. The van der Waals surface area contributed by atoms with Crippen molar-refractivity contribution in [3.63, 3.8) is 0 Å². The van der Waals surface area contributed by atoms with Crippen LogP contribution in [0.3, 0.4) is 0 Å². The zero-order chi connectivity index (χ0) is 19.4. The number of hydrogen-bond donors (Lipinski definition) is 1. The molecular formula is C22H25N3O2. The molecular weight excluding hydrogens is 338 g/mol. The molecule has 0 fully saturated rings. The molecule has 2 aromatic carbocycles. The summed E-state index contributed by atoms with van der Waals surface area (Å²) in [4.78, 5) is 12.4. The fourth-order valence-corrected chi connectivity index (χ4v) is 2.82. The number of aryl methyl sites for hydroxylation is 4. The second kappa shape index (κ2) is 8.08. The van der Waals surface area contributed by atoms with Gasteiger partial charge < -0.3 is 10.1 Å². The summed E-state index contributed by atoms with van der Waals surface area (Å²) in [7, 11) is 1.89. The summed E-state index contributed by atoms with van der Waals surface area (Å²) in [5.74, 6) is 0.752. The van der Waals surface area contributed by atoms with Crippen molar-refractivity contribution in [1.29, 1.82) is 0 Å². The Hall–Kier alpha value is -3.08. The number of amides is 1. The van der Waals surface area contributed by atoms with Gasteiger partial charge in [-0.25, -0.2) is 0 Å².